The first-order valence-electron chi connectivity index (χ1n) is 17.0. The molecule has 286 valence electrons. The van der Waals surface area contributed by atoms with Crippen LogP contribution in [0, 0.1) is 22.7 Å². The van der Waals surface area contributed by atoms with Crippen molar-refractivity contribution in [2.45, 2.75) is 102 Å². The van der Waals surface area contributed by atoms with Gasteiger partial charge in [-0.25, -0.2) is 22.0 Å². The number of sulfonamides is 1. The highest BCUT2D eigenvalue weighted by Crippen LogP contribution is 2.43. The third-order valence-electron chi connectivity index (χ3n) is 9.46. The number of hydrogen-bond acceptors (Lipinski definition) is 8. The van der Waals surface area contributed by atoms with Gasteiger partial charge in [0.2, 0.25) is 24.0 Å². The fourth-order valence-electron chi connectivity index (χ4n) is 6.55. The third kappa shape index (κ3) is 10.6. The van der Waals surface area contributed by atoms with Crippen molar-refractivity contribution in [3.05, 3.63) is 30.2 Å². The summed E-state index contributed by atoms with van der Waals surface area (Å²) in [4.78, 5) is 68.4. The number of halogens is 2. The molecule has 0 bridgehead atoms. The van der Waals surface area contributed by atoms with E-state index < -0.39 is 87.4 Å². The molecule has 13 nitrogen and oxygen atoms in total. The molecule has 1 aliphatic carbocycles. The molecule has 0 spiro atoms. The second kappa shape index (κ2) is 16.9. The van der Waals surface area contributed by atoms with Gasteiger partial charge < -0.3 is 26.2 Å². The summed E-state index contributed by atoms with van der Waals surface area (Å²) < 4.78 is 54.7. The van der Waals surface area contributed by atoms with Crippen LogP contribution in [0.4, 0.5) is 13.6 Å². The van der Waals surface area contributed by atoms with Crippen molar-refractivity contribution >= 4 is 50.9 Å². The van der Waals surface area contributed by atoms with Gasteiger partial charge in [0.25, 0.3) is 15.9 Å². The number of nitrogens with zero attached hydrogens (tertiary/aromatic N) is 2. The summed E-state index contributed by atoms with van der Waals surface area (Å²) in [6.45, 7) is 14.2. The van der Waals surface area contributed by atoms with E-state index in [4.69, 9.17) is 0 Å². The van der Waals surface area contributed by atoms with Crippen molar-refractivity contribution in [1.82, 2.24) is 30.5 Å². The van der Waals surface area contributed by atoms with Crippen molar-refractivity contribution in [2.24, 2.45) is 22.7 Å². The molecule has 2 aliphatic rings. The minimum atomic E-state index is -3.82. The molecule has 1 saturated heterocycles. The summed E-state index contributed by atoms with van der Waals surface area (Å²) >= 11 is 1.08. The number of amides is 5. The van der Waals surface area contributed by atoms with Crippen LogP contribution in [0.25, 0.3) is 0 Å². The number of Topliss-reactive ketones (excluding diaryl/α,β-unsaturated/α-hetero) is 1. The first kappa shape index (κ1) is 42.0. The van der Waals surface area contributed by atoms with Crippen LogP contribution in [-0.2, 0) is 29.2 Å². The number of ketones is 1. The fraction of sp³-hybridized carbons (Fsp3) is 0.676. The zero-order valence-corrected chi connectivity index (χ0v) is 32.0. The Hall–Kier alpha value is -3.44. The quantitative estimate of drug-likeness (QED) is 0.157. The summed E-state index contributed by atoms with van der Waals surface area (Å²) in [6.07, 6.45) is -0.682. The Morgan fingerprint density at radius 2 is 1.73 bits per heavy atom. The molecule has 1 aromatic heterocycles. The van der Waals surface area contributed by atoms with Gasteiger partial charge in [-0.1, -0.05) is 60.1 Å². The molecule has 2 heterocycles. The fourth-order valence-corrected chi connectivity index (χ4v) is 8.93. The minimum Gasteiger partial charge on any atom is -0.346 e. The number of carbonyl (C=O) groups excluding carboxylic acids is 5. The Morgan fingerprint density at radius 1 is 1.06 bits per heavy atom. The van der Waals surface area contributed by atoms with E-state index in [0.717, 1.165) is 24.2 Å². The molecular formula is C34H52F2N6O7S2. The molecule has 0 aromatic carbocycles. The van der Waals surface area contributed by atoms with Crippen LogP contribution < -0.4 is 21.3 Å². The number of thiophene rings is 1. The van der Waals surface area contributed by atoms with E-state index >= 15 is 0 Å². The molecule has 0 unspecified atom stereocenters. The molecule has 17 heteroatoms. The number of rotatable bonds is 15. The van der Waals surface area contributed by atoms with E-state index in [0.29, 0.717) is 6.42 Å². The van der Waals surface area contributed by atoms with Gasteiger partial charge in [0, 0.05) is 39.1 Å². The zero-order valence-electron chi connectivity index (χ0n) is 30.3. The normalized spacial score (nSPS) is 21.1. The molecule has 2 fully saturated rings. The molecule has 3 rings (SSSR count). The van der Waals surface area contributed by atoms with Gasteiger partial charge in [-0.15, -0.1) is 17.9 Å². The largest absolute Gasteiger partial charge is 0.346 e. The van der Waals surface area contributed by atoms with E-state index in [-0.39, 0.29) is 35.7 Å². The van der Waals surface area contributed by atoms with Crippen molar-refractivity contribution in [3.8, 4) is 0 Å². The molecule has 4 N–H and O–H groups in total. The number of hydrogen-bond donors (Lipinski definition) is 4. The van der Waals surface area contributed by atoms with Crippen LogP contribution in [0.1, 0.15) is 67.2 Å². The van der Waals surface area contributed by atoms with Gasteiger partial charge in [-0.05, 0) is 47.0 Å². The van der Waals surface area contributed by atoms with Crippen LogP contribution in [-0.4, -0.2) is 104 Å². The number of fused-ring (bicyclic) bond motifs is 1. The SMILES string of the molecule is C=CCNC(=O)C(=O)[C@H](CC(F)F)NC(=O)[C@@H]1[C@H]2CCC[C@H]2CN1C(=O)[C@@H](NC(=O)N[C@H](CN(C)S(=O)(=O)c1cccs1)C(C)(C)C)C(C)(C)C. The highest BCUT2D eigenvalue weighted by atomic mass is 32.2. The van der Waals surface area contributed by atoms with E-state index in [9.17, 15) is 41.2 Å². The number of likely N-dealkylation sites (tertiary alicyclic amines) is 1. The topological polar surface area (TPSA) is 174 Å². The summed E-state index contributed by atoms with van der Waals surface area (Å²) in [7, 11) is -2.39. The van der Waals surface area contributed by atoms with Crippen LogP contribution in [0.2, 0.25) is 0 Å². The Morgan fingerprint density at radius 3 is 2.27 bits per heavy atom. The maximum absolute atomic E-state index is 14.4. The molecule has 1 aliphatic heterocycles. The van der Waals surface area contributed by atoms with Crippen molar-refractivity contribution in [2.75, 3.05) is 26.7 Å². The minimum absolute atomic E-state index is 0.0624. The Kier molecular flexibility index (Phi) is 13.9. The van der Waals surface area contributed by atoms with Gasteiger partial charge in [-0.2, -0.15) is 4.31 Å². The summed E-state index contributed by atoms with van der Waals surface area (Å²) in [5.41, 5.74) is -1.48. The van der Waals surface area contributed by atoms with E-state index in [1.807, 2.05) is 20.8 Å². The summed E-state index contributed by atoms with van der Waals surface area (Å²) in [6, 6.07) is -2.39. The first-order chi connectivity index (χ1) is 23.6. The van der Waals surface area contributed by atoms with Crippen LogP contribution in [0.3, 0.4) is 0 Å². The maximum Gasteiger partial charge on any atom is 0.315 e. The third-order valence-corrected chi connectivity index (χ3v) is 12.7. The predicted molar refractivity (Wildman–Crippen MR) is 189 cm³/mol. The summed E-state index contributed by atoms with van der Waals surface area (Å²) in [5.74, 6) is -4.16. The smallest absolute Gasteiger partial charge is 0.315 e. The zero-order chi connectivity index (χ0) is 38.5. The number of likely N-dealkylation sites (N-methyl/N-ethyl adjacent to an activating group) is 1. The highest BCUT2D eigenvalue weighted by Gasteiger charge is 2.52. The van der Waals surface area contributed by atoms with Crippen molar-refractivity contribution in [3.63, 3.8) is 0 Å². The van der Waals surface area contributed by atoms with Gasteiger partial charge in [0.05, 0.1) is 0 Å². The van der Waals surface area contributed by atoms with Crippen molar-refractivity contribution in [1.29, 1.82) is 0 Å². The second-order valence-corrected chi connectivity index (χ2v) is 18.6. The van der Waals surface area contributed by atoms with Gasteiger partial charge in [0.15, 0.2) is 0 Å². The second-order valence-electron chi connectivity index (χ2n) is 15.4. The van der Waals surface area contributed by atoms with Crippen molar-refractivity contribution < 1.29 is 41.2 Å². The van der Waals surface area contributed by atoms with E-state index in [1.54, 1.807) is 32.2 Å². The molecule has 1 saturated carbocycles. The van der Waals surface area contributed by atoms with E-state index in [1.165, 1.54) is 28.4 Å². The lowest BCUT2D eigenvalue weighted by molar-refractivity contribution is -0.145. The molecule has 0 radical (unpaired) electrons. The monoisotopic (exact) mass is 758 g/mol. The standard InChI is InChI=1S/C34H52F2N6O7S2/c1-9-15-37-30(45)27(43)22(17-24(35)36)38-29(44)26-21-13-10-12-20(21)18-42(26)31(46)28(34(5,6)7)40-32(47)39-23(33(2,3)4)19-41(8)51(48,49)25-14-11-16-50-25/h9,11,14,16,20-24,26,28H,1,10,12-13,15,17-19H2,2-8H3,(H,37,45)(H,38,44)(H2,39,40,47)/t20-,21-,22-,23+,26-,28+/m0/s1. The van der Waals surface area contributed by atoms with Crippen LogP contribution in [0.15, 0.2) is 34.4 Å². The molecule has 1 aromatic rings. The first-order valence-corrected chi connectivity index (χ1v) is 19.3. The number of urea groups is 1. The number of nitrogens with one attached hydrogen (secondary N) is 4. The summed E-state index contributed by atoms with van der Waals surface area (Å²) in [5, 5.41) is 11.9. The van der Waals surface area contributed by atoms with Gasteiger partial charge >= 0.3 is 6.03 Å². The Balaban J connectivity index is 1.84. The molecular weight excluding hydrogens is 707 g/mol. The average molecular weight is 759 g/mol. The molecule has 6 atom stereocenters. The lowest BCUT2D eigenvalue weighted by atomic mass is 9.85. The predicted octanol–water partition coefficient (Wildman–Crippen LogP) is 3.14. The lowest BCUT2D eigenvalue weighted by Crippen LogP contribution is -2.62. The van der Waals surface area contributed by atoms with E-state index in [2.05, 4.69) is 27.8 Å². The van der Waals surface area contributed by atoms with Crippen LogP contribution in [0.5, 0.6) is 0 Å². The maximum atomic E-state index is 14.4. The van der Waals surface area contributed by atoms with Gasteiger partial charge in [-0.3, -0.25) is 19.2 Å². The van der Waals surface area contributed by atoms with Gasteiger partial charge in [0.1, 0.15) is 22.3 Å². The number of alkyl halides is 2. The highest BCUT2D eigenvalue weighted by molar-refractivity contribution is 7.91. The molecule has 51 heavy (non-hydrogen) atoms. The Bertz CT molecular complexity index is 1540. The Labute approximate surface area is 303 Å². The average Bonchev–Trinajstić information content (AvgIpc) is 3.78. The number of carbonyl (C=O) groups is 5. The molecule has 5 amide bonds. The van der Waals surface area contributed by atoms with Crippen LogP contribution >= 0.6 is 11.3 Å². The lowest BCUT2D eigenvalue weighted by Gasteiger charge is -2.38.